The lowest BCUT2D eigenvalue weighted by Gasteiger charge is -2.33. The summed E-state index contributed by atoms with van der Waals surface area (Å²) in [6.45, 7) is 5.22. The molecule has 3 heterocycles. The van der Waals surface area contributed by atoms with E-state index < -0.39 is 0 Å². The van der Waals surface area contributed by atoms with Crippen LogP contribution in [0.4, 0.5) is 0 Å². The second-order valence-corrected chi connectivity index (χ2v) is 5.80. The molecule has 0 spiro atoms. The third kappa shape index (κ3) is 2.51. The summed E-state index contributed by atoms with van der Waals surface area (Å²) < 4.78 is 0. The molecule has 1 aromatic heterocycles. The van der Waals surface area contributed by atoms with E-state index in [1.165, 1.54) is 0 Å². The van der Waals surface area contributed by atoms with Gasteiger partial charge in [-0.3, -0.25) is 4.79 Å². The monoisotopic (exact) mass is 283 g/mol. The zero-order valence-electron chi connectivity index (χ0n) is 12.2. The molecule has 1 saturated heterocycles. The first-order chi connectivity index (χ1) is 10.0. The number of piperidine rings is 1. The van der Waals surface area contributed by atoms with Crippen LogP contribution in [0.5, 0.6) is 0 Å². The lowest BCUT2D eigenvalue weighted by atomic mass is 9.88. The Morgan fingerprint density at radius 2 is 2.05 bits per heavy atom. The highest BCUT2D eigenvalue weighted by atomic mass is 16.2. The molecule has 1 amide bonds. The minimum atomic E-state index is -0.196. The highest BCUT2D eigenvalue weighted by molar-refractivity contribution is 5.92. The molecular formula is C15H17N5O. The van der Waals surface area contributed by atoms with Crippen molar-refractivity contribution >= 4 is 5.91 Å². The Morgan fingerprint density at radius 1 is 1.38 bits per heavy atom. The second kappa shape index (κ2) is 4.92. The van der Waals surface area contributed by atoms with Crippen LogP contribution in [-0.2, 0) is 0 Å². The number of pyridine rings is 1. The zero-order chi connectivity index (χ0) is 15.0. The Balaban J connectivity index is 1.66. The molecule has 0 atom stereocenters. The maximum atomic E-state index is 12.5. The third-order valence-electron chi connectivity index (χ3n) is 4.40. The van der Waals surface area contributed by atoms with E-state index in [-0.39, 0.29) is 11.6 Å². The Kier molecular flexibility index (Phi) is 3.20. The molecule has 6 heteroatoms. The van der Waals surface area contributed by atoms with Crippen LogP contribution < -0.4 is 0 Å². The number of rotatable bonds is 2. The molecule has 1 aromatic rings. The normalized spacial score (nSPS) is 20.1. The van der Waals surface area contributed by atoms with Gasteiger partial charge in [0.1, 0.15) is 11.8 Å². The summed E-state index contributed by atoms with van der Waals surface area (Å²) in [5.41, 5.74) is 1.33. The minimum Gasteiger partial charge on any atom is -0.337 e. The van der Waals surface area contributed by atoms with E-state index >= 15 is 0 Å². The van der Waals surface area contributed by atoms with Gasteiger partial charge >= 0.3 is 0 Å². The molecule has 1 fully saturated rings. The van der Waals surface area contributed by atoms with Gasteiger partial charge in [-0.25, -0.2) is 4.98 Å². The zero-order valence-corrected chi connectivity index (χ0v) is 12.2. The molecular weight excluding hydrogens is 266 g/mol. The topological polar surface area (TPSA) is 81.7 Å². The average molecular weight is 283 g/mol. The summed E-state index contributed by atoms with van der Waals surface area (Å²) in [5, 5.41) is 17.1. The van der Waals surface area contributed by atoms with Gasteiger partial charge in [-0.05, 0) is 38.8 Å². The lowest BCUT2D eigenvalue weighted by Crippen LogP contribution is -2.41. The molecule has 0 bridgehead atoms. The Bertz CT molecular complexity index is 647. The summed E-state index contributed by atoms with van der Waals surface area (Å²) in [6, 6.07) is 5.35. The van der Waals surface area contributed by atoms with E-state index in [4.69, 9.17) is 5.26 Å². The number of hydrogen-bond donors (Lipinski definition) is 0. The van der Waals surface area contributed by atoms with Gasteiger partial charge in [0.25, 0.3) is 5.91 Å². The summed E-state index contributed by atoms with van der Waals surface area (Å²) in [6.07, 6.45) is 1.84. The summed E-state index contributed by atoms with van der Waals surface area (Å²) in [7, 11) is 0. The number of aromatic nitrogens is 1. The van der Waals surface area contributed by atoms with E-state index in [0.29, 0.717) is 36.0 Å². The standard InChI is InChI=1S/C15H17N5O/c1-10-11(9-16)3-4-13(17-10)14(21)20-7-5-12(6-8-20)15(2)18-19-15/h3-4,12H,5-8H2,1-2H3. The van der Waals surface area contributed by atoms with Gasteiger partial charge in [0.15, 0.2) is 5.66 Å². The van der Waals surface area contributed by atoms with Crippen LogP contribution in [0.3, 0.4) is 0 Å². The molecule has 0 radical (unpaired) electrons. The first-order valence-corrected chi connectivity index (χ1v) is 7.14. The number of likely N-dealkylation sites (tertiary alicyclic amines) is 1. The van der Waals surface area contributed by atoms with Crippen molar-refractivity contribution in [3.8, 4) is 6.07 Å². The number of nitrogens with zero attached hydrogens (tertiary/aromatic N) is 5. The molecule has 6 nitrogen and oxygen atoms in total. The number of hydrogen-bond acceptors (Lipinski definition) is 5. The van der Waals surface area contributed by atoms with Gasteiger partial charge < -0.3 is 4.90 Å². The van der Waals surface area contributed by atoms with E-state index in [2.05, 4.69) is 21.3 Å². The van der Waals surface area contributed by atoms with Crippen LogP contribution in [0.25, 0.3) is 0 Å². The molecule has 0 N–H and O–H groups in total. The molecule has 0 aromatic carbocycles. The number of nitriles is 1. The van der Waals surface area contributed by atoms with E-state index in [0.717, 1.165) is 12.8 Å². The van der Waals surface area contributed by atoms with Crippen LogP contribution in [0, 0.1) is 24.2 Å². The number of amides is 1. The highest BCUT2D eigenvalue weighted by Gasteiger charge is 2.44. The number of carbonyl (C=O) groups excluding carboxylic acids is 1. The van der Waals surface area contributed by atoms with Crippen molar-refractivity contribution in [2.24, 2.45) is 16.1 Å². The smallest absolute Gasteiger partial charge is 0.272 e. The fourth-order valence-electron chi connectivity index (χ4n) is 2.83. The van der Waals surface area contributed by atoms with Crippen molar-refractivity contribution in [3.05, 3.63) is 29.1 Å². The lowest BCUT2D eigenvalue weighted by molar-refractivity contribution is 0.0665. The molecule has 0 unspecified atom stereocenters. The summed E-state index contributed by atoms with van der Waals surface area (Å²) in [4.78, 5) is 18.5. The maximum Gasteiger partial charge on any atom is 0.272 e. The summed E-state index contributed by atoms with van der Waals surface area (Å²) >= 11 is 0. The Morgan fingerprint density at radius 3 is 2.57 bits per heavy atom. The van der Waals surface area contributed by atoms with Crippen LogP contribution in [0.15, 0.2) is 22.4 Å². The molecule has 2 aliphatic heterocycles. The quantitative estimate of drug-likeness (QED) is 0.835. The Hall–Kier alpha value is -2.29. The molecule has 0 saturated carbocycles. The van der Waals surface area contributed by atoms with Gasteiger partial charge in [0, 0.05) is 19.0 Å². The average Bonchev–Trinajstić information content (AvgIpc) is 3.26. The highest BCUT2D eigenvalue weighted by Crippen LogP contribution is 2.41. The predicted octanol–water partition coefficient (Wildman–Crippen LogP) is 2.30. The third-order valence-corrected chi connectivity index (χ3v) is 4.40. The van der Waals surface area contributed by atoms with Gasteiger partial charge in [0.2, 0.25) is 0 Å². The molecule has 3 rings (SSSR count). The van der Waals surface area contributed by atoms with Gasteiger partial charge in [0.05, 0.1) is 11.3 Å². The van der Waals surface area contributed by atoms with E-state index in [1.807, 2.05) is 11.8 Å². The largest absolute Gasteiger partial charge is 0.337 e. The number of aryl methyl sites for hydroxylation is 1. The molecule has 0 aliphatic carbocycles. The van der Waals surface area contributed by atoms with Crippen molar-refractivity contribution in [1.82, 2.24) is 9.88 Å². The van der Waals surface area contributed by atoms with Crippen LogP contribution in [-0.4, -0.2) is 34.5 Å². The predicted molar refractivity (Wildman–Crippen MR) is 75.6 cm³/mol. The van der Waals surface area contributed by atoms with E-state index in [9.17, 15) is 4.79 Å². The van der Waals surface area contributed by atoms with Gasteiger partial charge in [-0.15, -0.1) is 0 Å². The SMILES string of the molecule is Cc1nc(C(=O)N2CCC(C3(C)N=N3)CC2)ccc1C#N. The van der Waals surface area contributed by atoms with Crippen molar-refractivity contribution < 1.29 is 4.79 Å². The number of carbonyl (C=O) groups is 1. The van der Waals surface area contributed by atoms with Crippen molar-refractivity contribution in [1.29, 1.82) is 5.26 Å². The minimum absolute atomic E-state index is 0.0594. The summed E-state index contributed by atoms with van der Waals surface area (Å²) in [5.74, 6) is 0.382. The Labute approximate surface area is 123 Å². The first-order valence-electron chi connectivity index (χ1n) is 7.14. The molecule has 21 heavy (non-hydrogen) atoms. The van der Waals surface area contributed by atoms with Crippen LogP contribution in [0.1, 0.15) is 41.5 Å². The maximum absolute atomic E-state index is 12.5. The fraction of sp³-hybridized carbons (Fsp3) is 0.533. The molecule has 108 valence electrons. The first kappa shape index (κ1) is 13.7. The van der Waals surface area contributed by atoms with Crippen molar-refractivity contribution in [2.75, 3.05) is 13.1 Å². The fourth-order valence-corrected chi connectivity index (χ4v) is 2.83. The van der Waals surface area contributed by atoms with Crippen LogP contribution in [0.2, 0.25) is 0 Å². The van der Waals surface area contributed by atoms with Crippen LogP contribution >= 0.6 is 0 Å². The van der Waals surface area contributed by atoms with E-state index in [1.54, 1.807) is 19.1 Å². The second-order valence-electron chi connectivity index (χ2n) is 5.80. The molecule has 2 aliphatic rings. The van der Waals surface area contributed by atoms with Crippen molar-refractivity contribution in [2.45, 2.75) is 32.4 Å². The van der Waals surface area contributed by atoms with Gasteiger partial charge in [-0.2, -0.15) is 15.5 Å². The van der Waals surface area contributed by atoms with Gasteiger partial charge in [-0.1, -0.05) is 0 Å². The van der Waals surface area contributed by atoms with Crippen molar-refractivity contribution in [3.63, 3.8) is 0 Å².